The minimum absolute atomic E-state index is 0.0936. The Morgan fingerprint density at radius 3 is 2.16 bits per heavy atom. The van der Waals surface area contributed by atoms with Gasteiger partial charge in [0.1, 0.15) is 0 Å². The molecule has 0 atom stereocenters. The summed E-state index contributed by atoms with van der Waals surface area (Å²) >= 11 is 0. The van der Waals surface area contributed by atoms with Crippen LogP contribution in [0.4, 0.5) is 11.4 Å². The topological polar surface area (TPSA) is 62.5 Å². The maximum atomic E-state index is 12.6. The number of benzene rings is 2. The molecular weight excluding hydrogens is 312 g/mol. The van der Waals surface area contributed by atoms with Gasteiger partial charge in [0.15, 0.2) is 5.69 Å². The molecule has 1 N–H and O–H groups in total. The molecule has 0 aliphatic heterocycles. The highest BCUT2D eigenvalue weighted by Crippen LogP contribution is 2.25. The molecule has 0 amide bonds. The summed E-state index contributed by atoms with van der Waals surface area (Å²) in [4.78, 5) is 12.6. The second-order valence-electron chi connectivity index (χ2n) is 7.06. The van der Waals surface area contributed by atoms with Crippen LogP contribution in [0.3, 0.4) is 0 Å². The molecule has 0 saturated heterocycles. The van der Waals surface area contributed by atoms with Crippen molar-refractivity contribution >= 4 is 11.4 Å². The maximum Gasteiger partial charge on any atom is 0.299 e. The van der Waals surface area contributed by atoms with E-state index in [1.54, 1.807) is 0 Å². The average molecular weight is 334 g/mol. The van der Waals surface area contributed by atoms with Crippen molar-refractivity contribution in [2.75, 3.05) is 0 Å². The van der Waals surface area contributed by atoms with Crippen molar-refractivity contribution in [3.05, 3.63) is 76.2 Å². The molecule has 0 aliphatic rings. The van der Waals surface area contributed by atoms with E-state index in [2.05, 4.69) is 36.1 Å². The lowest BCUT2D eigenvalue weighted by Crippen LogP contribution is -2.13. The van der Waals surface area contributed by atoms with Gasteiger partial charge in [0.2, 0.25) is 0 Å². The molecule has 1 aromatic heterocycles. The molecule has 25 heavy (non-hydrogen) atoms. The number of nitrogens with zero attached hydrogens (tertiary/aromatic N) is 3. The summed E-state index contributed by atoms with van der Waals surface area (Å²) in [6, 6.07) is 17.3. The zero-order valence-electron chi connectivity index (χ0n) is 14.9. The van der Waals surface area contributed by atoms with Gasteiger partial charge >= 0.3 is 0 Å². The van der Waals surface area contributed by atoms with Crippen molar-refractivity contribution in [1.29, 1.82) is 0 Å². The first-order valence-corrected chi connectivity index (χ1v) is 8.25. The molecule has 5 nitrogen and oxygen atoms in total. The highest BCUT2D eigenvalue weighted by atomic mass is 16.1. The van der Waals surface area contributed by atoms with Crippen molar-refractivity contribution in [3.8, 4) is 5.69 Å². The number of aromatic amines is 1. The van der Waals surface area contributed by atoms with Gasteiger partial charge < -0.3 is 0 Å². The van der Waals surface area contributed by atoms with Crippen molar-refractivity contribution < 1.29 is 0 Å². The minimum atomic E-state index is -0.209. The van der Waals surface area contributed by atoms with Crippen molar-refractivity contribution in [2.24, 2.45) is 10.2 Å². The molecule has 0 fully saturated rings. The molecule has 0 radical (unpaired) electrons. The SMILES string of the molecule is Cc1[nH]n(-c2ccccc2)c(=O)c1N=Nc1ccc(C(C)(C)C)cc1. The molecule has 2 aromatic carbocycles. The fourth-order valence-corrected chi connectivity index (χ4v) is 2.55. The van der Waals surface area contributed by atoms with Gasteiger partial charge in [-0.1, -0.05) is 51.1 Å². The zero-order valence-corrected chi connectivity index (χ0v) is 14.9. The van der Waals surface area contributed by atoms with E-state index >= 15 is 0 Å². The summed E-state index contributed by atoms with van der Waals surface area (Å²) in [5.41, 5.74) is 3.61. The number of H-pyrrole nitrogens is 1. The van der Waals surface area contributed by atoms with E-state index < -0.39 is 0 Å². The quantitative estimate of drug-likeness (QED) is 0.658. The van der Waals surface area contributed by atoms with E-state index in [4.69, 9.17) is 0 Å². The zero-order chi connectivity index (χ0) is 18.0. The van der Waals surface area contributed by atoms with Gasteiger partial charge in [-0.05, 0) is 42.2 Å². The second kappa shape index (κ2) is 6.51. The smallest absolute Gasteiger partial charge is 0.293 e. The second-order valence-corrected chi connectivity index (χ2v) is 7.06. The predicted octanol–water partition coefficient (Wildman–Crippen LogP) is 5.19. The van der Waals surface area contributed by atoms with Gasteiger partial charge in [-0.2, -0.15) is 5.11 Å². The van der Waals surface area contributed by atoms with E-state index in [0.29, 0.717) is 11.4 Å². The van der Waals surface area contributed by atoms with Crippen LogP contribution in [0.25, 0.3) is 5.69 Å². The lowest BCUT2D eigenvalue weighted by Gasteiger charge is -2.18. The van der Waals surface area contributed by atoms with E-state index in [1.165, 1.54) is 10.2 Å². The minimum Gasteiger partial charge on any atom is -0.293 e. The number of hydrogen-bond donors (Lipinski definition) is 1. The lowest BCUT2D eigenvalue weighted by atomic mass is 9.87. The standard InChI is InChI=1S/C20H22N4O/c1-14-18(19(25)24(23-14)17-8-6-5-7-9-17)22-21-16-12-10-15(11-13-16)20(2,3)4/h5-13,23H,1-4H3. The van der Waals surface area contributed by atoms with Crippen molar-refractivity contribution in [1.82, 2.24) is 9.78 Å². The Balaban J connectivity index is 1.90. The third-order valence-electron chi connectivity index (χ3n) is 4.05. The van der Waals surface area contributed by atoms with Gasteiger partial charge in [0, 0.05) is 0 Å². The van der Waals surface area contributed by atoms with Crippen LogP contribution >= 0.6 is 0 Å². The Labute approximate surface area is 147 Å². The normalized spacial score (nSPS) is 12.0. The first-order chi connectivity index (χ1) is 11.9. The Kier molecular flexibility index (Phi) is 4.40. The number of aromatic nitrogens is 2. The van der Waals surface area contributed by atoms with E-state index in [0.717, 1.165) is 11.4 Å². The van der Waals surface area contributed by atoms with E-state index in [-0.39, 0.29) is 11.0 Å². The molecule has 1 heterocycles. The monoisotopic (exact) mass is 334 g/mol. The molecule has 0 aliphatic carbocycles. The van der Waals surface area contributed by atoms with Gasteiger partial charge in [-0.3, -0.25) is 9.89 Å². The number of azo groups is 1. The average Bonchev–Trinajstić information content (AvgIpc) is 2.88. The van der Waals surface area contributed by atoms with Crippen molar-refractivity contribution in [3.63, 3.8) is 0 Å². The molecule has 128 valence electrons. The third-order valence-corrected chi connectivity index (χ3v) is 4.05. The van der Waals surface area contributed by atoms with Crippen LogP contribution in [-0.2, 0) is 5.41 Å². The fraction of sp³-hybridized carbons (Fsp3) is 0.250. The number of hydrogen-bond acceptors (Lipinski definition) is 3. The Hall–Kier alpha value is -2.95. The number of para-hydroxylation sites is 1. The summed E-state index contributed by atoms with van der Waals surface area (Å²) in [7, 11) is 0. The van der Waals surface area contributed by atoms with E-state index in [1.807, 2.05) is 61.5 Å². The first kappa shape index (κ1) is 16.9. The van der Waals surface area contributed by atoms with Gasteiger partial charge in [0.05, 0.1) is 17.1 Å². The fourth-order valence-electron chi connectivity index (χ4n) is 2.55. The molecule has 0 bridgehead atoms. The number of nitrogens with one attached hydrogen (secondary N) is 1. The van der Waals surface area contributed by atoms with Crippen LogP contribution < -0.4 is 5.56 Å². The third kappa shape index (κ3) is 3.60. The van der Waals surface area contributed by atoms with Crippen LogP contribution in [0.15, 0.2) is 69.6 Å². The predicted molar refractivity (Wildman–Crippen MR) is 100 cm³/mol. The Morgan fingerprint density at radius 2 is 1.56 bits per heavy atom. The number of aryl methyl sites for hydroxylation is 1. The van der Waals surface area contributed by atoms with Gasteiger partial charge in [-0.25, -0.2) is 4.68 Å². The number of rotatable bonds is 3. The summed E-state index contributed by atoms with van der Waals surface area (Å²) in [6.07, 6.45) is 0. The van der Waals surface area contributed by atoms with Crippen molar-refractivity contribution in [2.45, 2.75) is 33.1 Å². The molecule has 0 spiro atoms. The van der Waals surface area contributed by atoms with Gasteiger partial charge in [0.25, 0.3) is 5.56 Å². The maximum absolute atomic E-state index is 12.6. The first-order valence-electron chi connectivity index (χ1n) is 8.25. The summed E-state index contributed by atoms with van der Waals surface area (Å²) in [5, 5.41) is 11.4. The Morgan fingerprint density at radius 1 is 0.920 bits per heavy atom. The molecule has 0 saturated carbocycles. The molecular formula is C20H22N4O. The molecule has 5 heteroatoms. The van der Waals surface area contributed by atoms with Crippen LogP contribution in [0.2, 0.25) is 0 Å². The lowest BCUT2D eigenvalue weighted by molar-refractivity contribution is 0.590. The van der Waals surface area contributed by atoms with Crippen LogP contribution in [0.5, 0.6) is 0 Å². The Bertz CT molecular complexity index is 942. The van der Waals surface area contributed by atoms with Gasteiger partial charge in [-0.15, -0.1) is 5.11 Å². The highest BCUT2D eigenvalue weighted by Gasteiger charge is 2.13. The molecule has 3 aromatic rings. The molecule has 0 unspecified atom stereocenters. The summed E-state index contributed by atoms with van der Waals surface area (Å²) in [6.45, 7) is 8.31. The van der Waals surface area contributed by atoms with Crippen LogP contribution in [0, 0.1) is 6.92 Å². The molecule has 3 rings (SSSR count). The largest absolute Gasteiger partial charge is 0.299 e. The highest BCUT2D eigenvalue weighted by molar-refractivity contribution is 5.45. The van der Waals surface area contributed by atoms with Crippen LogP contribution in [-0.4, -0.2) is 9.78 Å². The summed E-state index contributed by atoms with van der Waals surface area (Å²) in [5.74, 6) is 0. The summed E-state index contributed by atoms with van der Waals surface area (Å²) < 4.78 is 1.48. The van der Waals surface area contributed by atoms with Crippen LogP contribution in [0.1, 0.15) is 32.0 Å². The van der Waals surface area contributed by atoms with E-state index in [9.17, 15) is 4.79 Å².